The van der Waals surface area contributed by atoms with E-state index in [1.165, 1.54) is 11.3 Å². The molecule has 0 amide bonds. The van der Waals surface area contributed by atoms with E-state index in [-0.39, 0.29) is 5.75 Å². The van der Waals surface area contributed by atoms with Crippen LogP contribution in [0.1, 0.15) is 12.8 Å². The van der Waals surface area contributed by atoms with Crippen molar-refractivity contribution in [3.05, 3.63) is 29.6 Å². The largest absolute Gasteiger partial charge is 0.399 e. The van der Waals surface area contributed by atoms with Crippen LogP contribution in [0.15, 0.2) is 29.6 Å². The number of sulfonamides is 1. The second-order valence-corrected chi connectivity index (χ2v) is 7.62. The molecule has 5 nitrogen and oxygen atoms in total. The molecule has 0 unspecified atom stereocenters. The zero-order valence-electron chi connectivity index (χ0n) is 10.7. The summed E-state index contributed by atoms with van der Waals surface area (Å²) >= 11 is 1.28. The van der Waals surface area contributed by atoms with Crippen LogP contribution in [-0.2, 0) is 10.0 Å². The fourth-order valence-electron chi connectivity index (χ4n) is 1.92. The van der Waals surface area contributed by atoms with Gasteiger partial charge in [-0.15, -0.1) is 11.3 Å². The molecule has 3 rings (SSSR count). The second kappa shape index (κ2) is 5.06. The summed E-state index contributed by atoms with van der Waals surface area (Å²) in [5, 5.41) is 2.23. The molecule has 0 bridgehead atoms. The molecule has 1 aliphatic rings. The molecule has 106 valence electrons. The van der Waals surface area contributed by atoms with Gasteiger partial charge in [0.25, 0.3) is 0 Å². The van der Waals surface area contributed by atoms with Gasteiger partial charge in [0.05, 0.1) is 11.4 Å². The molecule has 0 aliphatic heterocycles. The fraction of sp³-hybridized carbons (Fsp3) is 0.308. The van der Waals surface area contributed by atoms with Crippen LogP contribution < -0.4 is 10.5 Å². The molecule has 3 N–H and O–H groups in total. The molecule has 1 saturated carbocycles. The van der Waals surface area contributed by atoms with Gasteiger partial charge >= 0.3 is 0 Å². The Labute approximate surface area is 121 Å². The number of hydrogen-bond donors (Lipinski definition) is 2. The lowest BCUT2D eigenvalue weighted by molar-refractivity contribution is 0.597. The first kappa shape index (κ1) is 13.4. The van der Waals surface area contributed by atoms with E-state index in [0.29, 0.717) is 16.7 Å². The van der Waals surface area contributed by atoms with Crippen LogP contribution in [-0.4, -0.2) is 19.2 Å². The summed E-state index contributed by atoms with van der Waals surface area (Å²) < 4.78 is 26.3. The zero-order chi connectivity index (χ0) is 14.2. The van der Waals surface area contributed by atoms with Gasteiger partial charge in [0.2, 0.25) is 10.0 Å². The minimum absolute atomic E-state index is 0.195. The molecule has 1 aromatic carbocycles. The lowest BCUT2D eigenvalue weighted by Gasteiger charge is -2.03. The smallest absolute Gasteiger partial charge is 0.234 e. The second-order valence-electron chi connectivity index (χ2n) is 4.99. The zero-order valence-corrected chi connectivity index (χ0v) is 12.4. The topological polar surface area (TPSA) is 85.1 Å². The Bertz CT molecular complexity index is 721. The summed E-state index contributed by atoms with van der Waals surface area (Å²) in [7, 11) is -3.28. The number of benzene rings is 1. The van der Waals surface area contributed by atoms with E-state index >= 15 is 0 Å². The predicted octanol–water partition coefficient (Wildman–Crippen LogP) is 2.54. The predicted molar refractivity (Wildman–Crippen MR) is 82.1 cm³/mol. The van der Waals surface area contributed by atoms with E-state index in [0.717, 1.165) is 24.1 Å². The summed E-state index contributed by atoms with van der Waals surface area (Å²) in [6, 6.07) is 7.36. The average Bonchev–Trinajstić information content (AvgIpc) is 3.04. The van der Waals surface area contributed by atoms with Crippen LogP contribution in [0.3, 0.4) is 0 Å². The maximum atomic E-state index is 11.9. The molecule has 20 heavy (non-hydrogen) atoms. The molecule has 1 aliphatic carbocycles. The van der Waals surface area contributed by atoms with Crippen LogP contribution in [0.2, 0.25) is 0 Å². The van der Waals surface area contributed by atoms with Crippen LogP contribution in [0.25, 0.3) is 11.3 Å². The third kappa shape index (κ3) is 3.29. The normalized spacial score (nSPS) is 15.2. The fourth-order valence-corrected chi connectivity index (χ4v) is 4.41. The van der Waals surface area contributed by atoms with Crippen molar-refractivity contribution < 1.29 is 8.42 Å². The Balaban J connectivity index is 1.76. The third-order valence-electron chi connectivity index (χ3n) is 3.08. The van der Waals surface area contributed by atoms with E-state index in [9.17, 15) is 8.42 Å². The van der Waals surface area contributed by atoms with Crippen LogP contribution in [0.5, 0.6) is 0 Å². The molecular formula is C13H15N3O2S2. The van der Waals surface area contributed by atoms with Crippen molar-refractivity contribution in [3.63, 3.8) is 0 Å². The number of thiazole rings is 1. The molecule has 1 heterocycles. The number of rotatable bonds is 5. The minimum Gasteiger partial charge on any atom is -0.399 e. The van der Waals surface area contributed by atoms with Gasteiger partial charge in [0.1, 0.15) is 0 Å². The number of aromatic nitrogens is 1. The SMILES string of the molecule is Nc1cccc(-c2csc(NS(=O)(=O)CC3CC3)n2)c1. The van der Waals surface area contributed by atoms with Crippen molar-refractivity contribution in [2.75, 3.05) is 16.2 Å². The minimum atomic E-state index is -3.28. The molecular weight excluding hydrogens is 294 g/mol. The summed E-state index contributed by atoms with van der Waals surface area (Å²) in [5.41, 5.74) is 8.00. The van der Waals surface area contributed by atoms with Crippen LogP contribution >= 0.6 is 11.3 Å². The first-order chi connectivity index (χ1) is 9.52. The van der Waals surface area contributed by atoms with Crippen molar-refractivity contribution in [2.24, 2.45) is 5.92 Å². The lowest BCUT2D eigenvalue weighted by Crippen LogP contribution is -2.17. The summed E-state index contributed by atoms with van der Waals surface area (Å²) in [5.74, 6) is 0.515. The number of nitrogens with one attached hydrogen (secondary N) is 1. The highest BCUT2D eigenvalue weighted by atomic mass is 32.2. The lowest BCUT2D eigenvalue weighted by atomic mass is 10.1. The Morgan fingerprint density at radius 1 is 1.40 bits per heavy atom. The van der Waals surface area contributed by atoms with Gasteiger partial charge in [-0.25, -0.2) is 13.4 Å². The molecule has 1 fully saturated rings. The Hall–Kier alpha value is -1.60. The van der Waals surface area contributed by atoms with E-state index in [2.05, 4.69) is 9.71 Å². The van der Waals surface area contributed by atoms with Gasteiger partial charge in [-0.05, 0) is 30.9 Å². The molecule has 0 atom stereocenters. The summed E-state index contributed by atoms with van der Waals surface area (Å²) in [4.78, 5) is 4.31. The average molecular weight is 309 g/mol. The highest BCUT2D eigenvalue weighted by Crippen LogP contribution is 2.31. The van der Waals surface area contributed by atoms with Gasteiger partial charge in [-0.3, -0.25) is 4.72 Å². The van der Waals surface area contributed by atoms with E-state index in [4.69, 9.17) is 5.73 Å². The number of anilines is 2. The third-order valence-corrected chi connectivity index (χ3v) is 5.38. The van der Waals surface area contributed by atoms with Gasteiger partial charge in [-0.2, -0.15) is 0 Å². The number of nitrogens with zero attached hydrogens (tertiary/aromatic N) is 1. The van der Waals surface area contributed by atoms with Crippen molar-refractivity contribution in [3.8, 4) is 11.3 Å². The molecule has 1 aromatic heterocycles. The number of hydrogen-bond acceptors (Lipinski definition) is 5. The van der Waals surface area contributed by atoms with Crippen LogP contribution in [0.4, 0.5) is 10.8 Å². The first-order valence-electron chi connectivity index (χ1n) is 6.34. The van der Waals surface area contributed by atoms with Gasteiger partial charge in [0.15, 0.2) is 5.13 Å². The number of nitrogen functional groups attached to an aromatic ring is 1. The molecule has 0 spiro atoms. The first-order valence-corrected chi connectivity index (χ1v) is 8.87. The molecule has 0 saturated heterocycles. The van der Waals surface area contributed by atoms with Crippen molar-refractivity contribution in [1.29, 1.82) is 0 Å². The Morgan fingerprint density at radius 3 is 2.90 bits per heavy atom. The standard InChI is InChI=1S/C13H15N3O2S2/c14-11-3-1-2-10(6-11)12-7-19-13(15-12)16-20(17,18)8-9-4-5-9/h1-3,6-7,9H,4-5,8,14H2,(H,15,16). The van der Waals surface area contributed by atoms with E-state index in [1.54, 1.807) is 6.07 Å². The van der Waals surface area contributed by atoms with Gasteiger partial charge in [0, 0.05) is 16.6 Å². The molecule has 0 radical (unpaired) electrons. The van der Waals surface area contributed by atoms with Crippen molar-refractivity contribution >= 4 is 32.2 Å². The number of nitrogens with two attached hydrogens (primary N) is 1. The summed E-state index contributed by atoms with van der Waals surface area (Å²) in [6.45, 7) is 0. The van der Waals surface area contributed by atoms with Crippen LogP contribution in [0, 0.1) is 5.92 Å². The highest BCUT2D eigenvalue weighted by Gasteiger charge is 2.28. The maximum Gasteiger partial charge on any atom is 0.234 e. The summed E-state index contributed by atoms with van der Waals surface area (Å²) in [6.07, 6.45) is 2.01. The van der Waals surface area contributed by atoms with Crippen molar-refractivity contribution in [2.45, 2.75) is 12.8 Å². The Morgan fingerprint density at radius 2 is 2.20 bits per heavy atom. The van der Waals surface area contributed by atoms with Gasteiger partial charge < -0.3 is 5.73 Å². The maximum absolute atomic E-state index is 11.9. The molecule has 2 aromatic rings. The van der Waals surface area contributed by atoms with Crippen molar-refractivity contribution in [1.82, 2.24) is 4.98 Å². The van der Waals surface area contributed by atoms with Gasteiger partial charge in [-0.1, -0.05) is 12.1 Å². The van der Waals surface area contributed by atoms with E-state index in [1.807, 2.05) is 23.6 Å². The molecule has 7 heteroatoms. The quantitative estimate of drug-likeness (QED) is 0.831. The Kier molecular flexibility index (Phi) is 3.39. The highest BCUT2D eigenvalue weighted by molar-refractivity contribution is 7.92. The van der Waals surface area contributed by atoms with E-state index < -0.39 is 10.0 Å². The monoisotopic (exact) mass is 309 g/mol.